The number of H-pyrrole nitrogens is 1. The van der Waals surface area contributed by atoms with Crippen LogP contribution in [0.4, 0.5) is 0 Å². The Balaban J connectivity index is 1.78. The van der Waals surface area contributed by atoms with Crippen LogP contribution >= 0.6 is 0 Å². The molecule has 0 aliphatic carbocycles. The fourth-order valence-electron chi connectivity index (χ4n) is 3.34. The molecule has 5 N–H and O–H groups in total. The Morgan fingerprint density at radius 3 is 2.57 bits per heavy atom. The molecule has 4 aromatic rings. The lowest BCUT2D eigenvalue weighted by Crippen LogP contribution is -2.19. The molecule has 7 nitrogen and oxygen atoms in total. The summed E-state index contributed by atoms with van der Waals surface area (Å²) in [6, 6.07) is 16.6. The van der Waals surface area contributed by atoms with Gasteiger partial charge in [-0.25, -0.2) is 4.79 Å². The summed E-state index contributed by atoms with van der Waals surface area (Å²) >= 11 is 0. The fraction of sp³-hybridized carbons (Fsp3) is 0.0952. The number of nitrogens with one attached hydrogen (secondary N) is 3. The summed E-state index contributed by atoms with van der Waals surface area (Å²) < 4.78 is 1.61. The van der Waals surface area contributed by atoms with Gasteiger partial charge in [0.1, 0.15) is 5.84 Å². The summed E-state index contributed by atoms with van der Waals surface area (Å²) in [7, 11) is 1.57. The standard InChI is InChI=1S/C21H19N5O2/c1-24-20(27)15-6-7-17-18(10-15)26(21(28)25-17)11-12-2-3-13-4-5-14(19(22)23)9-16(13)8-12/h2-10H,11H2,1H3,(H3,22,23)(H,24,27)(H,25,28). The van der Waals surface area contributed by atoms with Crippen LogP contribution in [0.3, 0.4) is 0 Å². The number of amides is 1. The smallest absolute Gasteiger partial charge is 0.326 e. The summed E-state index contributed by atoms with van der Waals surface area (Å²) in [6.07, 6.45) is 0. The molecule has 0 fully saturated rings. The number of rotatable bonds is 4. The molecule has 140 valence electrons. The number of hydrogen-bond donors (Lipinski definition) is 4. The number of aromatic amines is 1. The van der Waals surface area contributed by atoms with Crippen LogP contribution in [-0.2, 0) is 6.54 Å². The van der Waals surface area contributed by atoms with Crippen LogP contribution in [0, 0.1) is 5.41 Å². The predicted octanol–water partition coefficient (Wildman–Crippen LogP) is 2.17. The molecule has 0 saturated heterocycles. The van der Waals surface area contributed by atoms with Gasteiger partial charge in [-0.05, 0) is 46.7 Å². The van der Waals surface area contributed by atoms with Crippen LogP contribution in [-0.4, -0.2) is 28.3 Å². The van der Waals surface area contributed by atoms with Crippen molar-refractivity contribution in [2.75, 3.05) is 7.05 Å². The maximum atomic E-state index is 12.5. The topological polar surface area (TPSA) is 117 Å². The van der Waals surface area contributed by atoms with E-state index >= 15 is 0 Å². The van der Waals surface area contributed by atoms with E-state index in [0.717, 1.165) is 16.3 Å². The van der Waals surface area contributed by atoms with Crippen molar-refractivity contribution in [1.82, 2.24) is 14.9 Å². The molecule has 0 aliphatic rings. The summed E-state index contributed by atoms with van der Waals surface area (Å²) in [5.74, 6) is -0.188. The van der Waals surface area contributed by atoms with Gasteiger partial charge in [0.15, 0.2) is 0 Å². The van der Waals surface area contributed by atoms with Crippen molar-refractivity contribution in [2.24, 2.45) is 5.73 Å². The minimum absolute atomic E-state index is 0.0156. The minimum atomic E-state index is -0.235. The molecule has 0 atom stereocenters. The molecule has 0 aliphatic heterocycles. The highest BCUT2D eigenvalue weighted by Gasteiger charge is 2.11. The van der Waals surface area contributed by atoms with Gasteiger partial charge in [-0.1, -0.05) is 24.3 Å². The molecule has 0 bridgehead atoms. The van der Waals surface area contributed by atoms with Crippen LogP contribution in [0.15, 0.2) is 59.4 Å². The Bertz CT molecular complexity index is 1300. The van der Waals surface area contributed by atoms with E-state index in [1.807, 2.05) is 36.4 Å². The van der Waals surface area contributed by atoms with E-state index in [1.54, 1.807) is 29.8 Å². The van der Waals surface area contributed by atoms with Crippen molar-refractivity contribution in [3.05, 3.63) is 81.8 Å². The van der Waals surface area contributed by atoms with E-state index in [2.05, 4.69) is 10.3 Å². The Hall–Kier alpha value is -3.87. The highest BCUT2D eigenvalue weighted by molar-refractivity contribution is 5.99. The third kappa shape index (κ3) is 3.03. The zero-order valence-electron chi connectivity index (χ0n) is 15.2. The summed E-state index contributed by atoms with van der Waals surface area (Å²) in [6.45, 7) is 0.357. The average Bonchev–Trinajstić information content (AvgIpc) is 3.01. The van der Waals surface area contributed by atoms with E-state index in [9.17, 15) is 9.59 Å². The zero-order chi connectivity index (χ0) is 19.8. The number of nitrogen functional groups attached to an aromatic ring is 1. The number of fused-ring (bicyclic) bond motifs is 2. The number of nitrogens with two attached hydrogens (primary N) is 1. The first-order valence-corrected chi connectivity index (χ1v) is 8.78. The van der Waals surface area contributed by atoms with Gasteiger partial charge in [0.2, 0.25) is 0 Å². The Morgan fingerprint density at radius 2 is 1.82 bits per heavy atom. The number of hydrogen-bond acceptors (Lipinski definition) is 3. The molecule has 0 unspecified atom stereocenters. The van der Waals surface area contributed by atoms with E-state index in [4.69, 9.17) is 11.1 Å². The normalized spacial score (nSPS) is 11.0. The van der Waals surface area contributed by atoms with Crippen LogP contribution < -0.4 is 16.7 Å². The number of nitrogens with zero attached hydrogens (tertiary/aromatic N) is 1. The molecule has 7 heteroatoms. The van der Waals surface area contributed by atoms with E-state index in [-0.39, 0.29) is 17.4 Å². The third-order valence-corrected chi connectivity index (χ3v) is 4.82. The second kappa shape index (κ2) is 6.70. The van der Waals surface area contributed by atoms with Crippen molar-refractivity contribution in [2.45, 2.75) is 6.54 Å². The minimum Gasteiger partial charge on any atom is -0.384 e. The average molecular weight is 373 g/mol. The summed E-state index contributed by atoms with van der Waals surface area (Å²) in [5.41, 5.74) is 8.78. The van der Waals surface area contributed by atoms with Crippen molar-refractivity contribution in [3.63, 3.8) is 0 Å². The monoisotopic (exact) mass is 373 g/mol. The zero-order valence-corrected chi connectivity index (χ0v) is 15.2. The number of benzene rings is 3. The summed E-state index contributed by atoms with van der Waals surface area (Å²) in [4.78, 5) is 27.2. The highest BCUT2D eigenvalue weighted by Crippen LogP contribution is 2.20. The molecule has 4 rings (SSSR count). The molecule has 3 aromatic carbocycles. The quantitative estimate of drug-likeness (QED) is 0.324. The van der Waals surface area contributed by atoms with Gasteiger partial charge in [-0.2, -0.15) is 0 Å². The van der Waals surface area contributed by atoms with Gasteiger partial charge < -0.3 is 16.0 Å². The lowest BCUT2D eigenvalue weighted by molar-refractivity contribution is 0.0963. The number of carbonyl (C=O) groups is 1. The van der Waals surface area contributed by atoms with Crippen molar-refractivity contribution in [1.29, 1.82) is 5.41 Å². The maximum Gasteiger partial charge on any atom is 0.326 e. The Labute approximate surface area is 160 Å². The van der Waals surface area contributed by atoms with Crippen LogP contribution in [0.2, 0.25) is 0 Å². The van der Waals surface area contributed by atoms with Crippen LogP contribution in [0.25, 0.3) is 21.8 Å². The number of amidine groups is 1. The molecule has 28 heavy (non-hydrogen) atoms. The molecular weight excluding hydrogens is 354 g/mol. The molecule has 0 radical (unpaired) electrons. The summed E-state index contributed by atoms with van der Waals surface area (Å²) in [5, 5.41) is 12.2. The highest BCUT2D eigenvalue weighted by atomic mass is 16.2. The molecule has 0 saturated carbocycles. The Kier molecular flexibility index (Phi) is 4.19. The lowest BCUT2D eigenvalue weighted by Gasteiger charge is -2.08. The molecule has 1 heterocycles. The SMILES string of the molecule is CNC(=O)c1ccc2[nH]c(=O)n(Cc3ccc4ccc(C(=N)N)cc4c3)c2c1. The van der Waals surface area contributed by atoms with Crippen molar-refractivity contribution >= 4 is 33.5 Å². The fourth-order valence-corrected chi connectivity index (χ4v) is 3.34. The predicted molar refractivity (Wildman–Crippen MR) is 110 cm³/mol. The molecule has 0 spiro atoms. The van der Waals surface area contributed by atoms with E-state index in [1.165, 1.54) is 0 Å². The lowest BCUT2D eigenvalue weighted by atomic mass is 10.0. The Morgan fingerprint density at radius 1 is 1.07 bits per heavy atom. The van der Waals surface area contributed by atoms with Gasteiger partial charge in [0, 0.05) is 18.2 Å². The molecule has 1 aromatic heterocycles. The van der Waals surface area contributed by atoms with Gasteiger partial charge in [0.25, 0.3) is 5.91 Å². The first-order valence-electron chi connectivity index (χ1n) is 8.78. The van der Waals surface area contributed by atoms with Gasteiger partial charge in [-0.15, -0.1) is 0 Å². The number of aromatic nitrogens is 2. The van der Waals surface area contributed by atoms with Crippen LogP contribution in [0.1, 0.15) is 21.5 Å². The second-order valence-corrected chi connectivity index (χ2v) is 6.64. The maximum absolute atomic E-state index is 12.5. The van der Waals surface area contributed by atoms with Crippen LogP contribution in [0.5, 0.6) is 0 Å². The molecular formula is C21H19N5O2. The number of imidazole rings is 1. The second-order valence-electron chi connectivity index (χ2n) is 6.64. The number of carbonyl (C=O) groups excluding carboxylic acids is 1. The largest absolute Gasteiger partial charge is 0.384 e. The van der Waals surface area contributed by atoms with Crippen molar-refractivity contribution in [3.8, 4) is 0 Å². The van der Waals surface area contributed by atoms with Crippen molar-refractivity contribution < 1.29 is 4.79 Å². The third-order valence-electron chi connectivity index (χ3n) is 4.82. The van der Waals surface area contributed by atoms with E-state index in [0.29, 0.717) is 28.7 Å². The first kappa shape index (κ1) is 17.5. The molecule has 1 amide bonds. The van der Waals surface area contributed by atoms with Gasteiger partial charge >= 0.3 is 5.69 Å². The van der Waals surface area contributed by atoms with E-state index < -0.39 is 0 Å². The van der Waals surface area contributed by atoms with Gasteiger partial charge in [-0.3, -0.25) is 14.8 Å². The van der Waals surface area contributed by atoms with Gasteiger partial charge in [0.05, 0.1) is 17.6 Å². The first-order chi connectivity index (χ1) is 13.5.